The molecular formula is C13H11ClN2O2S. The van der Waals surface area contributed by atoms with Crippen molar-refractivity contribution in [1.29, 1.82) is 0 Å². The number of amides is 1. The molecule has 0 aliphatic carbocycles. The number of hydrogen-bond donors (Lipinski definition) is 2. The average Bonchev–Trinajstić information content (AvgIpc) is 2.92. The lowest BCUT2D eigenvalue weighted by atomic mass is 10.1. The lowest BCUT2D eigenvalue weighted by Crippen LogP contribution is -2.18. The zero-order valence-corrected chi connectivity index (χ0v) is 11.6. The van der Waals surface area contributed by atoms with Crippen molar-refractivity contribution in [1.82, 2.24) is 5.43 Å². The first kappa shape index (κ1) is 13.6. The van der Waals surface area contributed by atoms with Gasteiger partial charge >= 0.3 is 0 Å². The maximum Gasteiger partial charge on any atom is 0.281 e. The molecular weight excluding hydrogens is 284 g/mol. The van der Waals surface area contributed by atoms with E-state index in [2.05, 4.69) is 10.5 Å². The lowest BCUT2D eigenvalue weighted by Gasteiger charge is -2.05. The van der Waals surface area contributed by atoms with E-state index in [0.29, 0.717) is 21.2 Å². The van der Waals surface area contributed by atoms with Crippen molar-refractivity contribution >= 4 is 34.6 Å². The summed E-state index contributed by atoms with van der Waals surface area (Å²) in [6.45, 7) is 1.68. The minimum absolute atomic E-state index is 0.0658. The maximum absolute atomic E-state index is 11.7. The van der Waals surface area contributed by atoms with E-state index >= 15 is 0 Å². The summed E-state index contributed by atoms with van der Waals surface area (Å²) >= 11 is 7.19. The first-order valence-electron chi connectivity index (χ1n) is 5.45. The second-order valence-electron chi connectivity index (χ2n) is 3.78. The second-order valence-corrected chi connectivity index (χ2v) is 5.16. The molecule has 0 unspecified atom stereocenters. The van der Waals surface area contributed by atoms with Gasteiger partial charge in [-0.05, 0) is 36.6 Å². The van der Waals surface area contributed by atoms with Gasteiger partial charge in [0.1, 0.15) is 5.75 Å². The van der Waals surface area contributed by atoms with Crippen LogP contribution in [-0.2, 0) is 0 Å². The molecule has 0 fully saturated rings. The van der Waals surface area contributed by atoms with Crippen LogP contribution in [0.1, 0.15) is 22.2 Å². The molecule has 1 aromatic heterocycles. The lowest BCUT2D eigenvalue weighted by molar-refractivity contribution is 0.0959. The standard InChI is InChI=1S/C13H11ClN2O2S/c1-8(10-7-9(14)4-5-11(10)17)15-16-13(18)12-3-2-6-19-12/h2-7,17H,1H3,(H,16,18)/b15-8+. The fourth-order valence-corrected chi connectivity index (χ4v) is 2.24. The predicted molar refractivity (Wildman–Crippen MR) is 77.1 cm³/mol. The van der Waals surface area contributed by atoms with E-state index in [1.165, 1.54) is 17.4 Å². The van der Waals surface area contributed by atoms with Crippen LogP contribution in [0.4, 0.5) is 0 Å². The summed E-state index contributed by atoms with van der Waals surface area (Å²) in [6, 6.07) is 8.16. The zero-order valence-electron chi connectivity index (χ0n) is 10.1. The zero-order chi connectivity index (χ0) is 13.8. The van der Waals surface area contributed by atoms with E-state index in [9.17, 15) is 9.90 Å². The Hall–Kier alpha value is -1.85. The highest BCUT2D eigenvalue weighted by molar-refractivity contribution is 7.12. The van der Waals surface area contributed by atoms with Crippen molar-refractivity contribution < 1.29 is 9.90 Å². The number of carbonyl (C=O) groups excluding carboxylic acids is 1. The number of phenols is 1. The predicted octanol–water partition coefficient (Wildman–Crippen LogP) is 3.26. The van der Waals surface area contributed by atoms with Gasteiger partial charge in [0.2, 0.25) is 0 Å². The highest BCUT2D eigenvalue weighted by atomic mass is 35.5. The third-order valence-corrected chi connectivity index (χ3v) is 3.52. The Kier molecular flexibility index (Phi) is 4.19. The Balaban J connectivity index is 2.15. The summed E-state index contributed by atoms with van der Waals surface area (Å²) in [7, 11) is 0. The highest BCUT2D eigenvalue weighted by Gasteiger charge is 2.08. The van der Waals surface area contributed by atoms with Crippen molar-refractivity contribution in [2.75, 3.05) is 0 Å². The number of hydrazone groups is 1. The molecule has 0 radical (unpaired) electrons. The number of nitrogens with one attached hydrogen (secondary N) is 1. The van der Waals surface area contributed by atoms with E-state index in [0.717, 1.165) is 0 Å². The number of hydrogen-bond acceptors (Lipinski definition) is 4. The van der Waals surface area contributed by atoms with Crippen LogP contribution in [-0.4, -0.2) is 16.7 Å². The smallest absolute Gasteiger partial charge is 0.281 e. The molecule has 2 N–H and O–H groups in total. The van der Waals surface area contributed by atoms with Gasteiger partial charge in [0, 0.05) is 10.6 Å². The molecule has 1 amide bonds. The number of carbonyl (C=O) groups is 1. The van der Waals surface area contributed by atoms with Gasteiger partial charge in [-0.15, -0.1) is 11.3 Å². The SMILES string of the molecule is C/C(=N\NC(=O)c1cccs1)c1cc(Cl)ccc1O. The summed E-state index contributed by atoms with van der Waals surface area (Å²) in [5.41, 5.74) is 3.40. The molecule has 2 aromatic rings. The molecule has 0 aliphatic rings. The Morgan fingerprint density at radius 2 is 2.21 bits per heavy atom. The molecule has 0 atom stereocenters. The number of aromatic hydroxyl groups is 1. The van der Waals surface area contributed by atoms with E-state index in [-0.39, 0.29) is 11.7 Å². The van der Waals surface area contributed by atoms with Crippen LogP contribution in [0.3, 0.4) is 0 Å². The van der Waals surface area contributed by atoms with Gasteiger partial charge in [-0.1, -0.05) is 17.7 Å². The van der Waals surface area contributed by atoms with Crippen LogP contribution in [0, 0.1) is 0 Å². The fourth-order valence-electron chi connectivity index (χ4n) is 1.46. The Morgan fingerprint density at radius 1 is 1.42 bits per heavy atom. The number of halogens is 1. The van der Waals surface area contributed by atoms with Crippen LogP contribution < -0.4 is 5.43 Å². The normalized spacial score (nSPS) is 11.4. The summed E-state index contributed by atoms with van der Waals surface area (Å²) < 4.78 is 0. The topological polar surface area (TPSA) is 61.7 Å². The van der Waals surface area contributed by atoms with Gasteiger partial charge in [-0.2, -0.15) is 5.10 Å². The number of nitrogens with zero attached hydrogens (tertiary/aromatic N) is 1. The molecule has 4 nitrogen and oxygen atoms in total. The van der Waals surface area contributed by atoms with Crippen LogP contribution in [0.2, 0.25) is 5.02 Å². The molecule has 2 rings (SSSR count). The first-order valence-corrected chi connectivity index (χ1v) is 6.70. The number of phenolic OH excluding ortho intramolecular Hbond substituents is 1. The number of rotatable bonds is 3. The van der Waals surface area contributed by atoms with Crippen molar-refractivity contribution in [2.45, 2.75) is 6.92 Å². The molecule has 19 heavy (non-hydrogen) atoms. The largest absolute Gasteiger partial charge is 0.507 e. The molecule has 98 valence electrons. The van der Waals surface area contributed by atoms with Crippen LogP contribution in [0.15, 0.2) is 40.8 Å². The summed E-state index contributed by atoms with van der Waals surface area (Å²) in [5.74, 6) is -0.216. The van der Waals surface area contributed by atoms with Gasteiger partial charge in [0.25, 0.3) is 5.91 Å². The molecule has 0 bridgehead atoms. The van der Waals surface area contributed by atoms with Crippen molar-refractivity contribution in [3.05, 3.63) is 51.2 Å². The van der Waals surface area contributed by atoms with Crippen LogP contribution in [0.25, 0.3) is 0 Å². The Morgan fingerprint density at radius 3 is 2.89 bits per heavy atom. The van der Waals surface area contributed by atoms with E-state index < -0.39 is 0 Å². The Labute approximate surface area is 119 Å². The third kappa shape index (κ3) is 3.33. The van der Waals surface area contributed by atoms with E-state index in [1.807, 2.05) is 5.38 Å². The van der Waals surface area contributed by atoms with Crippen molar-refractivity contribution in [2.24, 2.45) is 5.10 Å². The minimum atomic E-state index is -0.282. The molecule has 1 aromatic carbocycles. The third-order valence-electron chi connectivity index (χ3n) is 2.42. The van der Waals surface area contributed by atoms with Gasteiger partial charge < -0.3 is 5.11 Å². The van der Waals surface area contributed by atoms with Crippen molar-refractivity contribution in [3.63, 3.8) is 0 Å². The van der Waals surface area contributed by atoms with E-state index in [1.54, 1.807) is 31.2 Å². The maximum atomic E-state index is 11.7. The Bertz CT molecular complexity index is 624. The monoisotopic (exact) mass is 294 g/mol. The number of thiophene rings is 1. The highest BCUT2D eigenvalue weighted by Crippen LogP contribution is 2.22. The molecule has 6 heteroatoms. The average molecular weight is 295 g/mol. The number of benzene rings is 1. The summed E-state index contributed by atoms with van der Waals surface area (Å²) in [4.78, 5) is 12.3. The van der Waals surface area contributed by atoms with Crippen LogP contribution in [0.5, 0.6) is 5.75 Å². The van der Waals surface area contributed by atoms with Crippen molar-refractivity contribution in [3.8, 4) is 5.75 Å². The van der Waals surface area contributed by atoms with Gasteiger partial charge in [-0.3, -0.25) is 4.79 Å². The second kappa shape index (κ2) is 5.86. The van der Waals surface area contributed by atoms with E-state index in [4.69, 9.17) is 11.6 Å². The quantitative estimate of drug-likeness (QED) is 0.674. The molecule has 0 saturated heterocycles. The fraction of sp³-hybridized carbons (Fsp3) is 0.0769. The summed E-state index contributed by atoms with van der Waals surface area (Å²) in [6.07, 6.45) is 0. The van der Waals surface area contributed by atoms with Gasteiger partial charge in [0.15, 0.2) is 0 Å². The molecule has 0 aliphatic heterocycles. The first-order chi connectivity index (χ1) is 9.08. The van der Waals surface area contributed by atoms with Crippen LogP contribution >= 0.6 is 22.9 Å². The summed E-state index contributed by atoms with van der Waals surface area (Å²) in [5, 5.41) is 16.0. The molecule has 0 saturated carbocycles. The minimum Gasteiger partial charge on any atom is -0.507 e. The molecule has 1 heterocycles. The molecule has 0 spiro atoms. The van der Waals surface area contributed by atoms with Gasteiger partial charge in [-0.25, -0.2) is 5.43 Å². The van der Waals surface area contributed by atoms with Gasteiger partial charge in [0.05, 0.1) is 10.6 Å².